The van der Waals surface area contributed by atoms with E-state index < -0.39 is 0 Å². The Morgan fingerprint density at radius 3 is 2.47 bits per heavy atom. The summed E-state index contributed by atoms with van der Waals surface area (Å²) in [5.74, 6) is 2.22. The average molecular weight is 239 g/mol. The van der Waals surface area contributed by atoms with E-state index >= 15 is 0 Å². The first kappa shape index (κ1) is 13.4. The Labute approximate surface area is 106 Å². The van der Waals surface area contributed by atoms with E-state index in [1.54, 1.807) is 0 Å². The zero-order valence-electron chi connectivity index (χ0n) is 11.5. The molecular formula is C15H29NO. The van der Waals surface area contributed by atoms with E-state index in [1.807, 2.05) is 0 Å². The van der Waals surface area contributed by atoms with E-state index in [0.717, 1.165) is 11.8 Å². The van der Waals surface area contributed by atoms with E-state index in [0.29, 0.717) is 24.6 Å². The highest BCUT2D eigenvalue weighted by atomic mass is 16.3. The van der Waals surface area contributed by atoms with Gasteiger partial charge in [-0.15, -0.1) is 0 Å². The fourth-order valence-electron chi connectivity index (χ4n) is 3.83. The molecule has 0 radical (unpaired) electrons. The van der Waals surface area contributed by atoms with Gasteiger partial charge in [-0.2, -0.15) is 0 Å². The average Bonchev–Trinajstić information content (AvgIpc) is 2.33. The lowest BCUT2D eigenvalue weighted by Gasteiger charge is -2.39. The van der Waals surface area contributed by atoms with Gasteiger partial charge in [0.25, 0.3) is 0 Å². The van der Waals surface area contributed by atoms with Gasteiger partial charge in [-0.1, -0.05) is 26.7 Å². The van der Waals surface area contributed by atoms with Crippen LogP contribution in [0.5, 0.6) is 0 Å². The summed E-state index contributed by atoms with van der Waals surface area (Å²) >= 11 is 0. The standard InChI is InChI=1S/C15H29NO/c1-11-7-8-14(12(2)9-11)16-15-6-4-3-5-13(15)10-17/h11-17H,3-10H2,1-2H3. The first-order chi connectivity index (χ1) is 8.20. The zero-order valence-corrected chi connectivity index (χ0v) is 11.5. The van der Waals surface area contributed by atoms with Gasteiger partial charge in [-0.3, -0.25) is 0 Å². The summed E-state index contributed by atoms with van der Waals surface area (Å²) in [6, 6.07) is 1.28. The summed E-state index contributed by atoms with van der Waals surface area (Å²) in [6.45, 7) is 5.14. The molecule has 2 fully saturated rings. The second-order valence-corrected chi connectivity index (χ2v) is 6.50. The molecule has 0 saturated heterocycles. The number of aliphatic hydroxyl groups is 1. The molecule has 0 heterocycles. The maximum absolute atomic E-state index is 9.46. The maximum Gasteiger partial charge on any atom is 0.0474 e. The molecule has 2 aliphatic carbocycles. The lowest BCUT2D eigenvalue weighted by atomic mass is 9.78. The molecule has 5 unspecified atom stereocenters. The van der Waals surface area contributed by atoms with Crippen molar-refractivity contribution >= 4 is 0 Å². The Balaban J connectivity index is 1.86. The van der Waals surface area contributed by atoms with Crippen molar-refractivity contribution in [3.05, 3.63) is 0 Å². The predicted octanol–water partition coefficient (Wildman–Crippen LogP) is 2.95. The fraction of sp³-hybridized carbons (Fsp3) is 1.00. The predicted molar refractivity (Wildman–Crippen MR) is 71.9 cm³/mol. The number of hydrogen-bond donors (Lipinski definition) is 2. The molecule has 0 spiro atoms. The molecule has 0 aliphatic heterocycles. The van der Waals surface area contributed by atoms with Crippen LogP contribution >= 0.6 is 0 Å². The third-order valence-electron chi connectivity index (χ3n) is 5.00. The van der Waals surface area contributed by atoms with E-state index in [4.69, 9.17) is 0 Å². The van der Waals surface area contributed by atoms with Crippen LogP contribution in [0.25, 0.3) is 0 Å². The number of nitrogens with one attached hydrogen (secondary N) is 1. The first-order valence-corrected chi connectivity index (χ1v) is 7.57. The molecule has 2 rings (SSSR count). The molecule has 0 bridgehead atoms. The van der Waals surface area contributed by atoms with Crippen LogP contribution in [0.4, 0.5) is 0 Å². The van der Waals surface area contributed by atoms with Crippen molar-refractivity contribution in [3.63, 3.8) is 0 Å². The first-order valence-electron chi connectivity index (χ1n) is 7.57. The fourth-order valence-corrected chi connectivity index (χ4v) is 3.83. The van der Waals surface area contributed by atoms with E-state index in [1.165, 1.54) is 44.9 Å². The summed E-state index contributed by atoms with van der Waals surface area (Å²) in [5.41, 5.74) is 0. The van der Waals surface area contributed by atoms with Crippen molar-refractivity contribution in [1.82, 2.24) is 5.32 Å². The molecule has 2 aliphatic rings. The molecule has 2 saturated carbocycles. The van der Waals surface area contributed by atoms with E-state index in [9.17, 15) is 5.11 Å². The summed E-state index contributed by atoms with van der Waals surface area (Å²) < 4.78 is 0. The van der Waals surface area contributed by atoms with Crippen molar-refractivity contribution in [3.8, 4) is 0 Å². The molecule has 5 atom stereocenters. The van der Waals surface area contributed by atoms with Gasteiger partial charge in [0, 0.05) is 18.7 Å². The minimum absolute atomic E-state index is 0.370. The van der Waals surface area contributed by atoms with Crippen molar-refractivity contribution in [2.24, 2.45) is 17.8 Å². The van der Waals surface area contributed by atoms with Crippen LogP contribution in [0.15, 0.2) is 0 Å². The van der Waals surface area contributed by atoms with E-state index in [-0.39, 0.29) is 0 Å². The molecule has 2 nitrogen and oxygen atoms in total. The van der Waals surface area contributed by atoms with Gasteiger partial charge in [0.15, 0.2) is 0 Å². The van der Waals surface area contributed by atoms with Gasteiger partial charge in [0.2, 0.25) is 0 Å². The molecular weight excluding hydrogens is 210 g/mol. The molecule has 2 N–H and O–H groups in total. The van der Waals surface area contributed by atoms with Crippen LogP contribution in [0.1, 0.15) is 58.8 Å². The molecule has 0 aromatic heterocycles. The Hall–Kier alpha value is -0.0800. The minimum Gasteiger partial charge on any atom is -0.396 e. The summed E-state index contributed by atoms with van der Waals surface area (Å²) in [7, 11) is 0. The summed E-state index contributed by atoms with van der Waals surface area (Å²) in [6.07, 6.45) is 9.20. The normalized spacial score (nSPS) is 43.6. The Bertz CT molecular complexity index is 231. The lowest BCUT2D eigenvalue weighted by Crippen LogP contribution is -2.49. The van der Waals surface area contributed by atoms with Gasteiger partial charge in [0.05, 0.1) is 0 Å². The number of hydrogen-bond acceptors (Lipinski definition) is 2. The van der Waals surface area contributed by atoms with Crippen molar-refractivity contribution in [2.45, 2.75) is 70.9 Å². The monoisotopic (exact) mass is 239 g/mol. The summed E-state index contributed by atoms with van der Waals surface area (Å²) in [5, 5.41) is 13.3. The highest BCUT2D eigenvalue weighted by Crippen LogP contribution is 2.31. The molecule has 0 amide bonds. The van der Waals surface area contributed by atoms with Gasteiger partial charge in [-0.25, -0.2) is 0 Å². The van der Waals surface area contributed by atoms with Crippen LogP contribution in [0.3, 0.4) is 0 Å². The van der Waals surface area contributed by atoms with Crippen molar-refractivity contribution < 1.29 is 5.11 Å². The smallest absolute Gasteiger partial charge is 0.0474 e. The Morgan fingerprint density at radius 2 is 1.76 bits per heavy atom. The molecule has 17 heavy (non-hydrogen) atoms. The largest absolute Gasteiger partial charge is 0.396 e. The number of aliphatic hydroxyl groups excluding tert-OH is 1. The highest BCUT2D eigenvalue weighted by Gasteiger charge is 2.31. The Kier molecular flexibility index (Phi) is 4.87. The second-order valence-electron chi connectivity index (χ2n) is 6.50. The minimum atomic E-state index is 0.370. The van der Waals surface area contributed by atoms with Gasteiger partial charge in [-0.05, 0) is 49.9 Å². The van der Waals surface area contributed by atoms with Crippen LogP contribution in [0.2, 0.25) is 0 Å². The molecule has 100 valence electrons. The third-order valence-corrected chi connectivity index (χ3v) is 5.00. The molecule has 0 aromatic carbocycles. The Morgan fingerprint density at radius 1 is 1.00 bits per heavy atom. The maximum atomic E-state index is 9.46. The van der Waals surface area contributed by atoms with Crippen LogP contribution < -0.4 is 5.32 Å². The number of rotatable bonds is 3. The van der Waals surface area contributed by atoms with E-state index in [2.05, 4.69) is 19.2 Å². The zero-order chi connectivity index (χ0) is 12.3. The van der Waals surface area contributed by atoms with Gasteiger partial charge in [0.1, 0.15) is 0 Å². The van der Waals surface area contributed by atoms with Gasteiger partial charge < -0.3 is 10.4 Å². The quantitative estimate of drug-likeness (QED) is 0.793. The van der Waals surface area contributed by atoms with Crippen molar-refractivity contribution in [2.75, 3.05) is 6.61 Å². The molecule has 2 heteroatoms. The second kappa shape index (κ2) is 6.19. The highest BCUT2D eigenvalue weighted by molar-refractivity contribution is 4.88. The van der Waals surface area contributed by atoms with Crippen LogP contribution in [-0.4, -0.2) is 23.8 Å². The topological polar surface area (TPSA) is 32.3 Å². The molecule has 0 aromatic rings. The van der Waals surface area contributed by atoms with Crippen molar-refractivity contribution in [1.29, 1.82) is 0 Å². The van der Waals surface area contributed by atoms with Crippen LogP contribution in [-0.2, 0) is 0 Å². The summed E-state index contributed by atoms with van der Waals surface area (Å²) in [4.78, 5) is 0. The lowest BCUT2D eigenvalue weighted by molar-refractivity contribution is 0.124. The SMILES string of the molecule is CC1CCC(NC2CCCCC2CO)C(C)C1. The van der Waals surface area contributed by atoms with Gasteiger partial charge >= 0.3 is 0 Å². The van der Waals surface area contributed by atoms with Crippen LogP contribution in [0, 0.1) is 17.8 Å². The third kappa shape index (κ3) is 3.45.